The topological polar surface area (TPSA) is 96.7 Å². The molecule has 4 rings (SSSR count). The average Bonchev–Trinajstić information content (AvgIpc) is 3.27. The zero-order chi connectivity index (χ0) is 23.3. The van der Waals surface area contributed by atoms with E-state index in [2.05, 4.69) is 15.5 Å². The summed E-state index contributed by atoms with van der Waals surface area (Å²) in [7, 11) is -3.47. The third-order valence-electron chi connectivity index (χ3n) is 5.84. The first-order valence-electron chi connectivity index (χ1n) is 11.2. The molecule has 0 aliphatic carbocycles. The molecule has 1 aromatic carbocycles. The van der Waals surface area contributed by atoms with Crippen LogP contribution < -0.4 is 5.32 Å². The summed E-state index contributed by atoms with van der Waals surface area (Å²) in [6.45, 7) is 1.14. The van der Waals surface area contributed by atoms with E-state index in [4.69, 9.17) is 0 Å². The van der Waals surface area contributed by atoms with Crippen LogP contribution in [-0.4, -0.2) is 58.3 Å². The first-order chi connectivity index (χ1) is 16.0. The molecule has 33 heavy (non-hydrogen) atoms. The maximum atomic E-state index is 12.8. The zero-order valence-electron chi connectivity index (χ0n) is 18.7. The molecule has 8 nitrogen and oxygen atoms in total. The summed E-state index contributed by atoms with van der Waals surface area (Å²) >= 11 is 1.71. The van der Waals surface area contributed by atoms with Gasteiger partial charge in [0.2, 0.25) is 15.9 Å². The van der Waals surface area contributed by atoms with Crippen molar-refractivity contribution in [1.82, 2.24) is 24.2 Å². The molecule has 1 unspecified atom stereocenters. The number of amides is 1. The van der Waals surface area contributed by atoms with E-state index in [-0.39, 0.29) is 23.3 Å². The second-order valence-electron chi connectivity index (χ2n) is 8.17. The van der Waals surface area contributed by atoms with Crippen molar-refractivity contribution in [2.24, 2.45) is 0 Å². The number of thioether (sulfide) groups is 1. The number of carbonyl (C=O) groups is 1. The lowest BCUT2D eigenvalue weighted by Gasteiger charge is -2.25. The highest BCUT2D eigenvalue weighted by molar-refractivity contribution is 7.98. The Balaban J connectivity index is 1.44. The minimum absolute atomic E-state index is 0.138. The molecule has 1 N–H and O–H groups in total. The van der Waals surface area contributed by atoms with Crippen molar-refractivity contribution in [3.05, 3.63) is 60.0 Å². The number of sulfonamides is 1. The lowest BCUT2D eigenvalue weighted by atomic mass is 10.1. The van der Waals surface area contributed by atoms with Gasteiger partial charge in [-0.2, -0.15) is 16.1 Å². The molecular weight excluding hydrogens is 458 g/mol. The van der Waals surface area contributed by atoms with E-state index in [0.29, 0.717) is 18.9 Å². The first kappa shape index (κ1) is 23.7. The second kappa shape index (κ2) is 10.7. The van der Waals surface area contributed by atoms with Crippen molar-refractivity contribution >= 4 is 33.3 Å². The normalized spacial score (nSPS) is 16.0. The van der Waals surface area contributed by atoms with Crippen LogP contribution in [0.4, 0.5) is 0 Å². The predicted molar refractivity (Wildman–Crippen MR) is 130 cm³/mol. The highest BCUT2D eigenvalue weighted by Gasteiger charge is 2.26. The van der Waals surface area contributed by atoms with Crippen LogP contribution >= 0.6 is 11.8 Å². The van der Waals surface area contributed by atoms with Crippen LogP contribution in [-0.2, 0) is 21.2 Å². The number of rotatable bonds is 9. The van der Waals surface area contributed by atoms with Gasteiger partial charge in [0.1, 0.15) is 0 Å². The van der Waals surface area contributed by atoms with E-state index < -0.39 is 10.0 Å². The van der Waals surface area contributed by atoms with Crippen molar-refractivity contribution in [2.75, 3.05) is 25.1 Å². The van der Waals surface area contributed by atoms with Gasteiger partial charge >= 0.3 is 0 Å². The van der Waals surface area contributed by atoms with Gasteiger partial charge in [0.25, 0.3) is 0 Å². The standard InChI is InChI=1S/C23H29N5O3S2/c1-32-16-12-20(23-26-25-21-7-3-6-15-28(21)23)24-22(29)17-18-8-10-19(11-9-18)33(30,31)27-13-4-2-5-14-27/h3,6-11,15,20H,2,4-5,12-14,16-17H2,1H3,(H,24,29). The second-order valence-corrected chi connectivity index (χ2v) is 11.1. The number of aromatic nitrogens is 3. The Labute approximate surface area is 198 Å². The number of hydrogen-bond donors (Lipinski definition) is 1. The van der Waals surface area contributed by atoms with Crippen LogP contribution in [0.1, 0.15) is 43.1 Å². The van der Waals surface area contributed by atoms with Gasteiger partial charge in [0.05, 0.1) is 17.4 Å². The smallest absolute Gasteiger partial charge is 0.243 e. The van der Waals surface area contributed by atoms with Gasteiger partial charge in [0.15, 0.2) is 11.5 Å². The van der Waals surface area contributed by atoms with Gasteiger partial charge in [-0.3, -0.25) is 9.20 Å². The maximum Gasteiger partial charge on any atom is 0.243 e. The maximum absolute atomic E-state index is 12.8. The third-order valence-corrected chi connectivity index (χ3v) is 8.40. The summed E-state index contributed by atoms with van der Waals surface area (Å²) < 4.78 is 29.1. The lowest BCUT2D eigenvalue weighted by Crippen LogP contribution is -2.35. The number of carbonyl (C=O) groups excluding carboxylic acids is 1. The molecule has 0 radical (unpaired) electrons. The number of nitrogens with one attached hydrogen (secondary N) is 1. The molecule has 1 fully saturated rings. The van der Waals surface area contributed by atoms with Crippen molar-refractivity contribution in [3.8, 4) is 0 Å². The Morgan fingerprint density at radius 2 is 1.85 bits per heavy atom. The fourth-order valence-electron chi connectivity index (χ4n) is 4.06. The minimum Gasteiger partial charge on any atom is -0.346 e. The molecule has 1 aliphatic rings. The van der Waals surface area contributed by atoms with E-state index >= 15 is 0 Å². The fraction of sp³-hybridized carbons (Fsp3) is 0.435. The third kappa shape index (κ3) is 5.56. The molecule has 0 saturated carbocycles. The lowest BCUT2D eigenvalue weighted by molar-refractivity contribution is -0.121. The van der Waals surface area contributed by atoms with Crippen LogP contribution in [0.2, 0.25) is 0 Å². The predicted octanol–water partition coefficient (Wildman–Crippen LogP) is 3.06. The summed E-state index contributed by atoms with van der Waals surface area (Å²) in [6.07, 6.45) is 7.69. The van der Waals surface area contributed by atoms with Gasteiger partial charge in [0, 0.05) is 19.3 Å². The zero-order valence-corrected chi connectivity index (χ0v) is 20.3. The van der Waals surface area contributed by atoms with E-state index in [1.807, 2.05) is 35.1 Å². The van der Waals surface area contributed by atoms with Crippen LogP contribution in [0, 0.1) is 0 Å². The van der Waals surface area contributed by atoms with Crippen LogP contribution in [0.3, 0.4) is 0 Å². The summed E-state index contributed by atoms with van der Waals surface area (Å²) in [6, 6.07) is 12.1. The number of hydrogen-bond acceptors (Lipinski definition) is 6. The number of benzene rings is 1. The van der Waals surface area contributed by atoms with Crippen LogP contribution in [0.15, 0.2) is 53.6 Å². The van der Waals surface area contributed by atoms with Gasteiger partial charge in [-0.25, -0.2) is 8.42 Å². The molecular formula is C23H29N5O3S2. The molecule has 0 bridgehead atoms. The average molecular weight is 488 g/mol. The molecule has 1 aliphatic heterocycles. The van der Waals surface area contributed by atoms with E-state index in [9.17, 15) is 13.2 Å². The van der Waals surface area contributed by atoms with Gasteiger partial charge < -0.3 is 5.32 Å². The summed E-state index contributed by atoms with van der Waals surface area (Å²) in [4.78, 5) is 13.1. The summed E-state index contributed by atoms with van der Waals surface area (Å²) in [5, 5.41) is 11.6. The fourth-order valence-corrected chi connectivity index (χ4v) is 6.05. The monoisotopic (exact) mass is 487 g/mol. The molecule has 3 heterocycles. The molecule has 176 valence electrons. The largest absolute Gasteiger partial charge is 0.346 e. The Bertz CT molecular complexity index is 1190. The number of fused-ring (bicyclic) bond motifs is 1. The van der Waals surface area contributed by atoms with Crippen molar-refractivity contribution in [3.63, 3.8) is 0 Å². The molecule has 0 spiro atoms. The van der Waals surface area contributed by atoms with Gasteiger partial charge in [-0.1, -0.05) is 24.6 Å². The Kier molecular flexibility index (Phi) is 7.67. The highest BCUT2D eigenvalue weighted by atomic mass is 32.2. The number of pyridine rings is 1. The molecule has 3 aromatic rings. The van der Waals surface area contributed by atoms with Crippen LogP contribution in [0.5, 0.6) is 0 Å². The minimum atomic E-state index is -3.47. The SMILES string of the molecule is CSCCC(NC(=O)Cc1ccc(S(=O)(=O)N2CCCCC2)cc1)c1nnc2ccccn12. The highest BCUT2D eigenvalue weighted by Crippen LogP contribution is 2.22. The molecule has 10 heteroatoms. The molecule has 1 saturated heterocycles. The van der Waals surface area contributed by atoms with Crippen molar-refractivity contribution in [2.45, 2.75) is 43.0 Å². The van der Waals surface area contributed by atoms with E-state index in [1.165, 1.54) is 0 Å². The number of nitrogens with zero attached hydrogens (tertiary/aromatic N) is 4. The number of piperidine rings is 1. The summed E-state index contributed by atoms with van der Waals surface area (Å²) in [5.41, 5.74) is 1.50. The van der Waals surface area contributed by atoms with Crippen molar-refractivity contribution in [1.29, 1.82) is 0 Å². The summed E-state index contributed by atoms with van der Waals surface area (Å²) in [5.74, 6) is 1.44. The van der Waals surface area contributed by atoms with Crippen LogP contribution in [0.25, 0.3) is 5.65 Å². The van der Waals surface area contributed by atoms with E-state index in [0.717, 1.165) is 42.6 Å². The Morgan fingerprint density at radius 3 is 2.58 bits per heavy atom. The molecule has 1 atom stereocenters. The Morgan fingerprint density at radius 1 is 1.09 bits per heavy atom. The van der Waals surface area contributed by atoms with Gasteiger partial charge in [-0.15, -0.1) is 10.2 Å². The first-order valence-corrected chi connectivity index (χ1v) is 14.0. The Hall–Kier alpha value is -2.43. The van der Waals surface area contributed by atoms with Crippen molar-refractivity contribution < 1.29 is 13.2 Å². The molecule has 1 amide bonds. The van der Waals surface area contributed by atoms with E-state index in [1.54, 1.807) is 40.3 Å². The van der Waals surface area contributed by atoms with Gasteiger partial charge in [-0.05, 0) is 61.1 Å². The quantitative estimate of drug-likeness (QED) is 0.498. The molecule has 2 aromatic heterocycles.